The Morgan fingerprint density at radius 1 is 0.931 bits per heavy atom. The number of benzene rings is 3. The van der Waals surface area contributed by atoms with E-state index in [2.05, 4.69) is 4.74 Å². The Morgan fingerprint density at radius 2 is 1.69 bits per heavy atom. The Balaban J connectivity index is 1.64. The predicted octanol–water partition coefficient (Wildman–Crippen LogP) is 5.73. The number of fused-ring (bicyclic) bond motifs is 3. The van der Waals surface area contributed by atoms with E-state index in [1.54, 1.807) is 37.3 Å². The van der Waals surface area contributed by atoms with E-state index in [0.717, 1.165) is 10.8 Å². The minimum Gasteiger partial charge on any atom is -0.488 e. The van der Waals surface area contributed by atoms with Gasteiger partial charge in [-0.25, -0.2) is 4.79 Å². The summed E-state index contributed by atoms with van der Waals surface area (Å²) >= 11 is 0. The van der Waals surface area contributed by atoms with Crippen molar-refractivity contribution >= 4 is 21.7 Å². The lowest BCUT2D eigenvalue weighted by Crippen LogP contribution is -2.17. The second-order valence-corrected chi connectivity index (χ2v) is 6.48. The van der Waals surface area contributed by atoms with E-state index >= 15 is 0 Å². The zero-order valence-electron chi connectivity index (χ0n) is 15.2. The Labute approximate surface area is 163 Å². The molecular formula is C22H15F3O4. The number of aryl methyl sites for hydroxylation is 1. The van der Waals surface area contributed by atoms with Crippen LogP contribution in [0.5, 0.6) is 11.5 Å². The average Bonchev–Trinajstić information content (AvgIpc) is 2.67. The standard InChI is InChI=1S/C22H15F3O4/c1-13-19(27-12-14-5-4-6-15(11-14)29-22(23,24)25)10-9-17-16-7-2-3-8-18(16)21(26)28-20(13)17/h2-11H,12H2,1H3. The third-order valence-corrected chi connectivity index (χ3v) is 4.51. The summed E-state index contributed by atoms with van der Waals surface area (Å²) in [5.74, 6) is 0.157. The SMILES string of the molecule is Cc1c(OCc2cccc(OC(F)(F)F)c2)ccc2c1oc(=O)c1ccccc12. The highest BCUT2D eigenvalue weighted by Gasteiger charge is 2.31. The van der Waals surface area contributed by atoms with E-state index < -0.39 is 12.0 Å². The summed E-state index contributed by atoms with van der Waals surface area (Å²) in [6.07, 6.45) is -4.76. The summed E-state index contributed by atoms with van der Waals surface area (Å²) in [5, 5.41) is 2.06. The smallest absolute Gasteiger partial charge is 0.488 e. The van der Waals surface area contributed by atoms with E-state index in [1.165, 1.54) is 18.2 Å². The van der Waals surface area contributed by atoms with Crippen molar-refractivity contribution in [3.8, 4) is 11.5 Å². The molecule has 0 saturated carbocycles. The molecule has 0 N–H and O–H groups in total. The fraction of sp³-hybridized carbons (Fsp3) is 0.136. The lowest BCUT2D eigenvalue weighted by atomic mass is 10.0. The second kappa shape index (κ2) is 7.16. The Hall–Kier alpha value is -3.48. The van der Waals surface area contributed by atoms with Crippen molar-refractivity contribution in [2.45, 2.75) is 19.9 Å². The number of halogens is 3. The van der Waals surface area contributed by atoms with Gasteiger partial charge < -0.3 is 13.9 Å². The molecule has 4 nitrogen and oxygen atoms in total. The van der Waals surface area contributed by atoms with Crippen LogP contribution in [0.3, 0.4) is 0 Å². The Bertz CT molecular complexity index is 1260. The molecule has 4 aromatic rings. The van der Waals surface area contributed by atoms with Gasteiger partial charge in [0.25, 0.3) is 0 Å². The highest BCUT2D eigenvalue weighted by atomic mass is 19.4. The average molecular weight is 400 g/mol. The van der Waals surface area contributed by atoms with Gasteiger partial charge in [0, 0.05) is 10.9 Å². The number of hydrogen-bond donors (Lipinski definition) is 0. The summed E-state index contributed by atoms with van der Waals surface area (Å²) in [7, 11) is 0. The van der Waals surface area contributed by atoms with Crippen molar-refractivity contribution in [3.05, 3.63) is 82.2 Å². The van der Waals surface area contributed by atoms with Gasteiger partial charge in [-0.15, -0.1) is 13.2 Å². The van der Waals surface area contributed by atoms with Crippen LogP contribution in [0.4, 0.5) is 13.2 Å². The third-order valence-electron chi connectivity index (χ3n) is 4.51. The van der Waals surface area contributed by atoms with E-state index in [0.29, 0.717) is 27.8 Å². The molecule has 0 amide bonds. The molecule has 148 valence electrons. The van der Waals surface area contributed by atoms with Crippen LogP contribution >= 0.6 is 0 Å². The largest absolute Gasteiger partial charge is 0.573 e. The molecule has 0 aliphatic heterocycles. The Morgan fingerprint density at radius 3 is 2.45 bits per heavy atom. The van der Waals surface area contributed by atoms with Crippen LogP contribution in [0, 0.1) is 6.92 Å². The van der Waals surface area contributed by atoms with Crippen LogP contribution in [0.1, 0.15) is 11.1 Å². The highest BCUT2D eigenvalue weighted by Crippen LogP contribution is 2.31. The van der Waals surface area contributed by atoms with Gasteiger partial charge in [-0.1, -0.05) is 30.3 Å². The molecule has 0 atom stereocenters. The number of hydrogen-bond acceptors (Lipinski definition) is 4. The van der Waals surface area contributed by atoms with E-state index in [1.807, 2.05) is 12.1 Å². The van der Waals surface area contributed by atoms with Crippen molar-refractivity contribution in [1.29, 1.82) is 0 Å². The fourth-order valence-corrected chi connectivity index (χ4v) is 3.21. The summed E-state index contributed by atoms with van der Waals surface area (Å²) in [5.41, 5.74) is 1.12. The summed E-state index contributed by atoms with van der Waals surface area (Å²) in [4.78, 5) is 12.3. The van der Waals surface area contributed by atoms with Gasteiger partial charge in [0.1, 0.15) is 23.7 Å². The van der Waals surface area contributed by atoms with Crippen molar-refractivity contribution in [2.75, 3.05) is 0 Å². The number of ether oxygens (including phenoxy) is 2. The first-order valence-electron chi connectivity index (χ1n) is 8.74. The van der Waals surface area contributed by atoms with Crippen LogP contribution in [0.2, 0.25) is 0 Å². The number of alkyl halides is 3. The van der Waals surface area contributed by atoms with E-state index in [9.17, 15) is 18.0 Å². The maximum absolute atomic E-state index is 12.4. The maximum atomic E-state index is 12.4. The zero-order valence-corrected chi connectivity index (χ0v) is 15.2. The van der Waals surface area contributed by atoms with Gasteiger partial charge >= 0.3 is 12.0 Å². The first-order valence-corrected chi connectivity index (χ1v) is 8.74. The molecule has 0 bridgehead atoms. The van der Waals surface area contributed by atoms with Crippen LogP contribution < -0.4 is 15.1 Å². The van der Waals surface area contributed by atoms with Crippen molar-refractivity contribution < 1.29 is 27.1 Å². The molecule has 0 aliphatic rings. The summed E-state index contributed by atoms with van der Waals surface area (Å²) in [6.45, 7) is 1.79. The molecule has 3 aromatic carbocycles. The van der Waals surface area contributed by atoms with Gasteiger partial charge in [0.15, 0.2) is 0 Å². The van der Waals surface area contributed by atoms with Gasteiger partial charge in [0.2, 0.25) is 0 Å². The predicted molar refractivity (Wildman–Crippen MR) is 102 cm³/mol. The summed E-state index contributed by atoms with van der Waals surface area (Å²) in [6, 6.07) is 16.3. The van der Waals surface area contributed by atoms with Crippen molar-refractivity contribution in [2.24, 2.45) is 0 Å². The first-order chi connectivity index (χ1) is 13.8. The molecule has 1 aromatic heterocycles. The maximum Gasteiger partial charge on any atom is 0.573 e. The summed E-state index contributed by atoms with van der Waals surface area (Å²) < 4.78 is 52.3. The normalized spacial score (nSPS) is 11.7. The molecule has 0 saturated heterocycles. The molecule has 7 heteroatoms. The lowest BCUT2D eigenvalue weighted by molar-refractivity contribution is -0.274. The van der Waals surface area contributed by atoms with Crippen molar-refractivity contribution in [1.82, 2.24) is 0 Å². The quantitative estimate of drug-likeness (QED) is 0.324. The van der Waals surface area contributed by atoms with E-state index in [4.69, 9.17) is 9.15 Å². The third kappa shape index (κ3) is 3.89. The molecule has 4 rings (SSSR count). The molecule has 1 heterocycles. The van der Waals surface area contributed by atoms with Gasteiger partial charge in [-0.2, -0.15) is 0 Å². The lowest BCUT2D eigenvalue weighted by Gasteiger charge is -2.13. The number of rotatable bonds is 4. The molecule has 0 aliphatic carbocycles. The zero-order chi connectivity index (χ0) is 20.6. The Kier molecular flexibility index (Phi) is 4.66. The molecule has 29 heavy (non-hydrogen) atoms. The van der Waals surface area contributed by atoms with Crippen LogP contribution in [0.25, 0.3) is 21.7 Å². The molecular weight excluding hydrogens is 385 g/mol. The van der Waals surface area contributed by atoms with E-state index in [-0.39, 0.29) is 12.4 Å². The molecule has 0 unspecified atom stereocenters. The molecule has 0 spiro atoms. The van der Waals surface area contributed by atoms with Gasteiger partial charge in [-0.3, -0.25) is 0 Å². The monoisotopic (exact) mass is 400 g/mol. The second-order valence-electron chi connectivity index (χ2n) is 6.48. The molecule has 0 radical (unpaired) electrons. The van der Waals surface area contributed by atoms with Crippen LogP contribution in [-0.4, -0.2) is 6.36 Å². The van der Waals surface area contributed by atoms with Gasteiger partial charge in [-0.05, 0) is 48.2 Å². The topological polar surface area (TPSA) is 48.7 Å². The first kappa shape index (κ1) is 18.9. The minimum absolute atomic E-state index is 0.0270. The van der Waals surface area contributed by atoms with Gasteiger partial charge in [0.05, 0.1) is 5.39 Å². The van der Waals surface area contributed by atoms with Crippen LogP contribution in [-0.2, 0) is 6.61 Å². The minimum atomic E-state index is -4.76. The highest BCUT2D eigenvalue weighted by molar-refractivity contribution is 6.05. The fourth-order valence-electron chi connectivity index (χ4n) is 3.21. The van der Waals surface area contributed by atoms with Crippen molar-refractivity contribution in [3.63, 3.8) is 0 Å². The molecule has 0 fully saturated rings. The van der Waals surface area contributed by atoms with Crippen LogP contribution in [0.15, 0.2) is 69.9 Å².